The predicted molar refractivity (Wildman–Crippen MR) is 154 cm³/mol. The number of aromatic nitrogens is 1. The molecule has 5 aromatic rings. The van der Waals surface area contributed by atoms with Crippen molar-refractivity contribution < 1.29 is 24.4 Å². The minimum Gasteiger partial charge on any atom is -0.456 e. The van der Waals surface area contributed by atoms with Crippen molar-refractivity contribution in [2.24, 2.45) is 5.41 Å². The maximum Gasteiger partial charge on any atom is 0.418 e. The van der Waals surface area contributed by atoms with Gasteiger partial charge >= 0.3 is 6.18 Å². The Balaban J connectivity index is 1.82. The molecule has 0 saturated heterocycles. The Morgan fingerprint density at radius 3 is 2.28 bits per heavy atom. The fourth-order valence-corrected chi connectivity index (χ4v) is 4.90. The average Bonchev–Trinajstić information content (AvgIpc) is 3.30. The number of aryl methyl sites for hydroxylation is 1. The Labute approximate surface area is 234 Å². The van der Waals surface area contributed by atoms with Crippen LogP contribution in [0.25, 0.3) is 44.3 Å². The van der Waals surface area contributed by atoms with E-state index in [9.17, 15) is 13.2 Å². The number of hydrogen-bond donors (Lipinski definition) is 0. The van der Waals surface area contributed by atoms with Gasteiger partial charge in [0.15, 0.2) is 0 Å². The van der Waals surface area contributed by atoms with E-state index in [4.69, 9.17) is 11.3 Å². The first-order valence-corrected chi connectivity index (χ1v) is 12.8. The molecule has 2 nitrogen and oxygen atoms in total. The smallest absolute Gasteiger partial charge is 0.418 e. The van der Waals surface area contributed by atoms with E-state index in [1.54, 1.807) is 20.8 Å². The highest BCUT2D eigenvalue weighted by Gasteiger charge is 2.36. The largest absolute Gasteiger partial charge is 0.456 e. The highest BCUT2D eigenvalue weighted by Crippen LogP contribution is 2.43. The van der Waals surface area contributed by atoms with Crippen LogP contribution >= 0.6 is 0 Å². The lowest BCUT2D eigenvalue weighted by Crippen LogP contribution is -2.12. The number of halogens is 3. The molecule has 5 rings (SSSR count). The van der Waals surface area contributed by atoms with Gasteiger partial charge in [-0.05, 0) is 70.2 Å². The third-order valence-corrected chi connectivity index (χ3v) is 6.63. The van der Waals surface area contributed by atoms with Crippen LogP contribution in [0, 0.1) is 12.3 Å². The Bertz CT molecular complexity index is 1890. The van der Waals surface area contributed by atoms with E-state index in [1.807, 2.05) is 36.4 Å². The number of benzene rings is 3. The van der Waals surface area contributed by atoms with E-state index >= 15 is 0 Å². The van der Waals surface area contributed by atoms with Crippen molar-refractivity contribution in [3.63, 3.8) is 0 Å². The molecule has 3 aromatic carbocycles. The number of rotatable bonds is 3. The maximum atomic E-state index is 14.5. The van der Waals surface area contributed by atoms with Gasteiger partial charge in [-0.1, -0.05) is 77.9 Å². The Hall–Kier alpha value is -3.60. The molecule has 0 aliphatic rings. The second-order valence-corrected chi connectivity index (χ2v) is 12.0. The second kappa shape index (κ2) is 9.25. The predicted octanol–water partition coefficient (Wildman–Crippen LogP) is 10.5. The van der Waals surface area contributed by atoms with Crippen LogP contribution in [0.15, 0.2) is 71.3 Å². The molecule has 0 amide bonds. The van der Waals surface area contributed by atoms with Gasteiger partial charge in [-0.15, -0.1) is 0 Å². The average molecular weight is 535 g/mol. The van der Waals surface area contributed by atoms with E-state index in [0.717, 1.165) is 22.5 Å². The van der Waals surface area contributed by atoms with Crippen LogP contribution in [-0.2, 0) is 18.0 Å². The van der Waals surface area contributed by atoms with Crippen molar-refractivity contribution in [2.75, 3.05) is 0 Å². The fraction of sp³-hybridized carbons (Fsp3) is 0.324. The first kappa shape index (κ1) is 21.2. The molecule has 2 aromatic heterocycles. The third kappa shape index (κ3) is 5.32. The number of alkyl halides is 3. The summed E-state index contributed by atoms with van der Waals surface area (Å²) in [6.07, 6.45) is -5.98. The molecule has 39 heavy (non-hydrogen) atoms. The summed E-state index contributed by atoms with van der Waals surface area (Å²) in [7, 11) is 0. The molecule has 0 spiro atoms. The van der Waals surface area contributed by atoms with E-state index in [2.05, 4.69) is 25.8 Å². The third-order valence-electron chi connectivity index (χ3n) is 6.63. The van der Waals surface area contributed by atoms with Crippen molar-refractivity contribution in [1.29, 1.82) is 0 Å². The lowest BCUT2D eigenvalue weighted by Gasteiger charge is -2.23. The van der Waals surface area contributed by atoms with Crippen LogP contribution in [0.1, 0.15) is 70.7 Å². The maximum absolute atomic E-state index is 14.5. The highest BCUT2D eigenvalue weighted by atomic mass is 19.4. The SMILES string of the molecule is [2H]C([2H])([2H])c1c(-c2cc(-c3cc(C(C)(C)C)c4ccccc4c3)ncc2C(F)(F)F)oc2cc(C([2H])([2H])C(C)(C)C)ccc12. The second-order valence-electron chi connectivity index (χ2n) is 12.0. The van der Waals surface area contributed by atoms with Crippen LogP contribution in [-0.4, -0.2) is 4.98 Å². The number of nitrogens with zero attached hydrogens (tertiary/aromatic N) is 1. The van der Waals surface area contributed by atoms with E-state index in [1.165, 1.54) is 24.3 Å². The number of furan rings is 1. The molecule has 0 aliphatic heterocycles. The van der Waals surface area contributed by atoms with E-state index in [0.29, 0.717) is 5.56 Å². The zero-order valence-electron chi connectivity index (χ0n) is 27.8. The van der Waals surface area contributed by atoms with Gasteiger partial charge in [0, 0.05) is 35.1 Å². The van der Waals surface area contributed by atoms with Gasteiger partial charge in [0.05, 0.1) is 11.3 Å². The molecule has 0 aliphatic carbocycles. The zero-order chi connectivity index (χ0) is 32.6. The molecule has 202 valence electrons. The molecular weight excluding hydrogens is 495 g/mol. The molecule has 0 N–H and O–H groups in total. The summed E-state index contributed by atoms with van der Waals surface area (Å²) in [5, 5.41) is 2.01. The standard InChI is InChI=1S/C34H34F3NO/c1-20-24-13-12-21(18-32(2,3)4)14-30(24)39-31(20)26-17-29(38-19-28(26)34(35,36)37)23-15-22-10-8-9-11-25(22)27(16-23)33(5,6)7/h8-17,19H,18H2,1-7H3/i1D3,18D2. The van der Waals surface area contributed by atoms with Crippen molar-refractivity contribution in [1.82, 2.24) is 4.98 Å². The van der Waals surface area contributed by atoms with Gasteiger partial charge in [-0.25, -0.2) is 0 Å². The molecule has 0 unspecified atom stereocenters. The van der Waals surface area contributed by atoms with Crippen LogP contribution in [0.3, 0.4) is 0 Å². The van der Waals surface area contributed by atoms with Crippen LogP contribution in [0.5, 0.6) is 0 Å². The molecule has 0 radical (unpaired) electrons. The summed E-state index contributed by atoms with van der Waals surface area (Å²) in [6, 6.07) is 17.0. The summed E-state index contributed by atoms with van der Waals surface area (Å²) < 4.78 is 91.5. The Morgan fingerprint density at radius 1 is 0.872 bits per heavy atom. The van der Waals surface area contributed by atoms with Gasteiger partial charge < -0.3 is 4.42 Å². The lowest BCUT2D eigenvalue weighted by atomic mass is 9.82. The van der Waals surface area contributed by atoms with Gasteiger partial charge in [0.1, 0.15) is 11.3 Å². The van der Waals surface area contributed by atoms with Crippen molar-refractivity contribution >= 4 is 21.7 Å². The molecule has 0 bridgehead atoms. The summed E-state index contributed by atoms with van der Waals surface area (Å²) in [6.45, 7) is 8.51. The number of hydrogen-bond acceptors (Lipinski definition) is 2. The van der Waals surface area contributed by atoms with Gasteiger partial charge in [-0.3, -0.25) is 4.98 Å². The Morgan fingerprint density at radius 2 is 1.62 bits per heavy atom. The fourth-order valence-electron chi connectivity index (χ4n) is 4.90. The van der Waals surface area contributed by atoms with E-state index in [-0.39, 0.29) is 33.2 Å². The highest BCUT2D eigenvalue weighted by molar-refractivity contribution is 5.92. The molecular formula is C34H34F3NO. The van der Waals surface area contributed by atoms with Crippen LogP contribution in [0.4, 0.5) is 13.2 Å². The van der Waals surface area contributed by atoms with Crippen molar-refractivity contribution in [3.05, 3.63) is 89.1 Å². The monoisotopic (exact) mass is 534 g/mol. The van der Waals surface area contributed by atoms with Crippen LogP contribution < -0.4 is 0 Å². The molecule has 2 heterocycles. The number of fused-ring (bicyclic) bond motifs is 2. The summed E-state index contributed by atoms with van der Waals surface area (Å²) in [4.78, 5) is 4.20. The topological polar surface area (TPSA) is 26.0 Å². The molecule has 0 atom stereocenters. The first-order chi connectivity index (χ1) is 20.1. The van der Waals surface area contributed by atoms with Crippen LogP contribution in [0.2, 0.25) is 0 Å². The van der Waals surface area contributed by atoms with Gasteiger partial charge in [0.25, 0.3) is 0 Å². The summed E-state index contributed by atoms with van der Waals surface area (Å²) >= 11 is 0. The van der Waals surface area contributed by atoms with Gasteiger partial charge in [-0.2, -0.15) is 13.2 Å². The quantitative estimate of drug-likeness (QED) is 0.230. The summed E-state index contributed by atoms with van der Waals surface area (Å²) in [5.41, 5.74) is -1.04. The van der Waals surface area contributed by atoms with Gasteiger partial charge in [0.2, 0.25) is 0 Å². The van der Waals surface area contributed by atoms with Crippen molar-refractivity contribution in [2.45, 2.75) is 66.4 Å². The minimum atomic E-state index is -4.86. The van der Waals surface area contributed by atoms with E-state index < -0.39 is 41.7 Å². The molecule has 5 heteroatoms. The zero-order valence-corrected chi connectivity index (χ0v) is 22.8. The molecule has 0 saturated carbocycles. The molecule has 0 fully saturated rings. The normalized spacial score (nSPS) is 15.6. The first-order valence-electron chi connectivity index (χ1n) is 15.3. The minimum absolute atomic E-state index is 0.0102. The lowest BCUT2D eigenvalue weighted by molar-refractivity contribution is -0.137. The van der Waals surface area contributed by atoms with Crippen molar-refractivity contribution in [3.8, 4) is 22.6 Å². The Kier molecular flexibility index (Phi) is 5.04. The summed E-state index contributed by atoms with van der Waals surface area (Å²) in [5.74, 6) is -0.443. The number of pyridine rings is 1.